The predicted octanol–water partition coefficient (Wildman–Crippen LogP) is 3.16. The third-order valence-corrected chi connectivity index (χ3v) is 6.46. The van der Waals surface area contributed by atoms with Gasteiger partial charge in [0.2, 0.25) is 0 Å². The predicted molar refractivity (Wildman–Crippen MR) is 132 cm³/mol. The number of morpholine rings is 1. The molecular weight excluding hydrogens is 428 g/mol. The summed E-state index contributed by atoms with van der Waals surface area (Å²) in [6, 6.07) is 14.8. The summed E-state index contributed by atoms with van der Waals surface area (Å²) >= 11 is 0. The van der Waals surface area contributed by atoms with E-state index in [-0.39, 0.29) is 6.04 Å². The van der Waals surface area contributed by atoms with Crippen molar-refractivity contribution in [3.05, 3.63) is 71.6 Å². The van der Waals surface area contributed by atoms with E-state index in [2.05, 4.69) is 58.8 Å². The molecule has 3 aromatic heterocycles. The first-order chi connectivity index (χ1) is 16.5. The number of aryl methyl sites for hydroxylation is 3. The van der Waals surface area contributed by atoms with E-state index in [0.717, 1.165) is 47.5 Å². The topological polar surface area (TPSA) is 75.8 Å². The van der Waals surface area contributed by atoms with E-state index in [1.807, 2.05) is 46.5 Å². The molecule has 0 spiro atoms. The SMILES string of the molecule is Cc1cccc(C2C=CN(c3cc(N4CCOCC4)n4nc(-c5cc(C)n(C)n5)cc4n3)N2)c1. The Bertz CT molecular complexity index is 1360. The van der Waals surface area contributed by atoms with Gasteiger partial charge in [-0.05, 0) is 31.6 Å². The molecule has 9 nitrogen and oxygen atoms in total. The molecule has 1 atom stereocenters. The molecular formula is C25H28N8O. The Morgan fingerprint density at radius 1 is 1.00 bits per heavy atom. The van der Waals surface area contributed by atoms with Crippen LogP contribution in [0.2, 0.25) is 0 Å². The summed E-state index contributed by atoms with van der Waals surface area (Å²) in [6.45, 7) is 7.17. The van der Waals surface area contributed by atoms with Gasteiger partial charge < -0.3 is 9.64 Å². The highest BCUT2D eigenvalue weighted by molar-refractivity contribution is 5.67. The number of aromatic nitrogens is 5. The number of hydrogen-bond donors (Lipinski definition) is 1. The van der Waals surface area contributed by atoms with Crippen molar-refractivity contribution in [1.29, 1.82) is 0 Å². The molecule has 1 fully saturated rings. The Balaban J connectivity index is 1.39. The summed E-state index contributed by atoms with van der Waals surface area (Å²) in [5, 5.41) is 11.5. The van der Waals surface area contributed by atoms with E-state index in [0.29, 0.717) is 13.2 Å². The average Bonchev–Trinajstić information content (AvgIpc) is 3.58. The molecule has 5 heterocycles. The number of benzene rings is 1. The maximum atomic E-state index is 5.59. The summed E-state index contributed by atoms with van der Waals surface area (Å²) in [5.41, 5.74) is 9.57. The second-order valence-electron chi connectivity index (χ2n) is 8.90. The van der Waals surface area contributed by atoms with Gasteiger partial charge in [0.05, 0.1) is 19.3 Å². The molecule has 1 N–H and O–H groups in total. The molecule has 0 amide bonds. The molecule has 0 radical (unpaired) electrons. The van der Waals surface area contributed by atoms with Gasteiger partial charge in [-0.1, -0.05) is 29.8 Å². The van der Waals surface area contributed by atoms with Crippen LogP contribution in [0, 0.1) is 13.8 Å². The summed E-state index contributed by atoms with van der Waals surface area (Å²) < 4.78 is 9.38. The first-order valence-corrected chi connectivity index (χ1v) is 11.6. The third-order valence-electron chi connectivity index (χ3n) is 6.46. The van der Waals surface area contributed by atoms with Crippen molar-refractivity contribution >= 4 is 17.3 Å². The number of hydrogen-bond acceptors (Lipinski definition) is 7. The lowest BCUT2D eigenvalue weighted by Crippen LogP contribution is -2.38. The van der Waals surface area contributed by atoms with Gasteiger partial charge in [-0.15, -0.1) is 0 Å². The van der Waals surface area contributed by atoms with Crippen LogP contribution in [0.15, 0.2) is 54.7 Å². The van der Waals surface area contributed by atoms with Crippen molar-refractivity contribution < 1.29 is 4.74 Å². The van der Waals surface area contributed by atoms with Crippen molar-refractivity contribution in [3.8, 4) is 11.4 Å². The zero-order chi connectivity index (χ0) is 23.2. The lowest BCUT2D eigenvalue weighted by molar-refractivity contribution is 0.122. The normalized spacial score (nSPS) is 18.4. The molecule has 1 aromatic carbocycles. The molecule has 0 bridgehead atoms. The summed E-state index contributed by atoms with van der Waals surface area (Å²) in [5.74, 6) is 1.82. The zero-order valence-electron chi connectivity index (χ0n) is 19.6. The lowest BCUT2D eigenvalue weighted by atomic mass is 10.1. The summed E-state index contributed by atoms with van der Waals surface area (Å²) in [6.07, 6.45) is 4.21. The molecule has 34 heavy (non-hydrogen) atoms. The van der Waals surface area contributed by atoms with Crippen LogP contribution in [0.25, 0.3) is 17.0 Å². The minimum absolute atomic E-state index is 0.0988. The number of ether oxygens (including phenoxy) is 1. The molecule has 6 rings (SSSR count). The lowest BCUT2D eigenvalue weighted by Gasteiger charge is -2.29. The molecule has 0 saturated carbocycles. The monoisotopic (exact) mass is 456 g/mol. The smallest absolute Gasteiger partial charge is 0.160 e. The summed E-state index contributed by atoms with van der Waals surface area (Å²) in [7, 11) is 1.94. The number of rotatable bonds is 4. The Morgan fingerprint density at radius 2 is 1.82 bits per heavy atom. The van der Waals surface area contributed by atoms with E-state index < -0.39 is 0 Å². The van der Waals surface area contributed by atoms with Gasteiger partial charge in [0.15, 0.2) is 11.5 Å². The largest absolute Gasteiger partial charge is 0.378 e. The van der Waals surface area contributed by atoms with Crippen LogP contribution < -0.4 is 15.3 Å². The van der Waals surface area contributed by atoms with E-state index in [9.17, 15) is 0 Å². The van der Waals surface area contributed by atoms with E-state index in [4.69, 9.17) is 14.8 Å². The average molecular weight is 457 g/mol. The highest BCUT2D eigenvalue weighted by Gasteiger charge is 2.24. The quantitative estimate of drug-likeness (QED) is 0.506. The highest BCUT2D eigenvalue weighted by atomic mass is 16.5. The molecule has 1 unspecified atom stereocenters. The van der Waals surface area contributed by atoms with Crippen molar-refractivity contribution in [2.45, 2.75) is 19.9 Å². The van der Waals surface area contributed by atoms with E-state index in [1.165, 1.54) is 11.1 Å². The van der Waals surface area contributed by atoms with Gasteiger partial charge >= 0.3 is 0 Å². The van der Waals surface area contributed by atoms with Crippen molar-refractivity contribution in [2.75, 3.05) is 36.2 Å². The maximum Gasteiger partial charge on any atom is 0.160 e. The van der Waals surface area contributed by atoms with Crippen molar-refractivity contribution in [3.63, 3.8) is 0 Å². The number of hydrazine groups is 1. The van der Waals surface area contributed by atoms with E-state index >= 15 is 0 Å². The van der Waals surface area contributed by atoms with Crippen molar-refractivity contribution in [1.82, 2.24) is 29.8 Å². The fourth-order valence-electron chi connectivity index (χ4n) is 4.50. The van der Waals surface area contributed by atoms with Gasteiger partial charge in [0.1, 0.15) is 17.2 Å². The van der Waals surface area contributed by atoms with Crippen LogP contribution in [0.1, 0.15) is 22.9 Å². The fourth-order valence-corrected chi connectivity index (χ4v) is 4.50. The van der Waals surface area contributed by atoms with Gasteiger partial charge in [0, 0.05) is 44.2 Å². The third kappa shape index (κ3) is 3.72. The van der Waals surface area contributed by atoms with Crippen LogP contribution in [0.5, 0.6) is 0 Å². The van der Waals surface area contributed by atoms with Crippen molar-refractivity contribution in [2.24, 2.45) is 7.05 Å². The first-order valence-electron chi connectivity index (χ1n) is 11.6. The molecule has 174 valence electrons. The van der Waals surface area contributed by atoms with E-state index in [1.54, 1.807) is 0 Å². The Kier molecular flexibility index (Phi) is 5.08. The van der Waals surface area contributed by atoms with Gasteiger partial charge in [0.25, 0.3) is 0 Å². The molecule has 2 aliphatic rings. The van der Waals surface area contributed by atoms with Crippen LogP contribution >= 0.6 is 0 Å². The van der Waals surface area contributed by atoms with Crippen LogP contribution in [-0.4, -0.2) is 50.7 Å². The molecule has 4 aromatic rings. The Labute approximate surface area is 198 Å². The fraction of sp³-hybridized carbons (Fsp3) is 0.320. The minimum atomic E-state index is 0.0988. The van der Waals surface area contributed by atoms with Crippen LogP contribution in [-0.2, 0) is 11.8 Å². The first kappa shape index (κ1) is 20.9. The van der Waals surface area contributed by atoms with Gasteiger partial charge in [-0.25, -0.2) is 10.4 Å². The minimum Gasteiger partial charge on any atom is -0.378 e. The standard InChI is InChI=1S/C25H28N8O/c1-17-5-4-6-19(13-17)20-7-8-32(28-20)23-16-25(31-9-11-34-12-10-31)33-24(26-23)15-22(29-33)21-14-18(2)30(3)27-21/h4-8,13-16,20,28H,9-12H2,1-3H3. The number of nitrogens with zero attached hydrogens (tertiary/aromatic N) is 7. The number of nitrogens with one attached hydrogen (secondary N) is 1. The Hall–Kier alpha value is -3.69. The van der Waals surface area contributed by atoms with Crippen LogP contribution in [0.4, 0.5) is 11.6 Å². The second kappa shape index (κ2) is 8.27. The van der Waals surface area contributed by atoms with Gasteiger partial charge in [-0.3, -0.25) is 9.69 Å². The molecule has 9 heteroatoms. The summed E-state index contributed by atoms with van der Waals surface area (Å²) in [4.78, 5) is 7.26. The van der Waals surface area contributed by atoms with Gasteiger partial charge in [-0.2, -0.15) is 14.7 Å². The number of anilines is 2. The molecule has 0 aliphatic carbocycles. The highest BCUT2D eigenvalue weighted by Crippen LogP contribution is 2.29. The Morgan fingerprint density at radius 3 is 2.59 bits per heavy atom. The number of fused-ring (bicyclic) bond motifs is 1. The second-order valence-corrected chi connectivity index (χ2v) is 8.90. The molecule has 1 saturated heterocycles. The zero-order valence-corrected chi connectivity index (χ0v) is 19.6. The van der Waals surface area contributed by atoms with Crippen LogP contribution in [0.3, 0.4) is 0 Å². The molecule has 2 aliphatic heterocycles. The maximum absolute atomic E-state index is 5.59.